The highest BCUT2D eigenvalue weighted by Gasteiger charge is 2.19. The van der Waals surface area contributed by atoms with Gasteiger partial charge in [0.25, 0.3) is 0 Å². The number of hydrogen-bond acceptors (Lipinski definition) is 5. The van der Waals surface area contributed by atoms with Crippen molar-refractivity contribution in [2.24, 2.45) is 0 Å². The Morgan fingerprint density at radius 1 is 1.07 bits per heavy atom. The van der Waals surface area contributed by atoms with E-state index < -0.39 is 0 Å². The summed E-state index contributed by atoms with van der Waals surface area (Å²) in [6.07, 6.45) is 4.43. The summed E-state index contributed by atoms with van der Waals surface area (Å²) >= 11 is 0. The highest BCUT2D eigenvalue weighted by Crippen LogP contribution is 2.24. The molecule has 0 unspecified atom stereocenters. The quantitative estimate of drug-likeness (QED) is 0.707. The fraction of sp³-hybridized carbons (Fsp3) is 0.304. The first-order chi connectivity index (χ1) is 14.1. The molecule has 0 saturated carbocycles. The third-order valence-electron chi connectivity index (χ3n) is 5.29. The second-order valence-corrected chi connectivity index (χ2v) is 7.35. The lowest BCUT2D eigenvalue weighted by Crippen LogP contribution is -2.35. The molecule has 1 N–H and O–H groups in total. The van der Waals surface area contributed by atoms with Crippen molar-refractivity contribution in [1.29, 1.82) is 0 Å². The molecule has 1 fully saturated rings. The van der Waals surface area contributed by atoms with Gasteiger partial charge in [0.15, 0.2) is 5.82 Å². The van der Waals surface area contributed by atoms with Crippen LogP contribution in [0.15, 0.2) is 48.7 Å². The highest BCUT2D eigenvalue weighted by molar-refractivity contribution is 5.94. The summed E-state index contributed by atoms with van der Waals surface area (Å²) < 4.78 is 0. The van der Waals surface area contributed by atoms with Crippen molar-refractivity contribution < 1.29 is 4.79 Å². The number of nitrogens with zero attached hydrogens (tertiary/aromatic N) is 4. The Kier molecular flexibility index (Phi) is 5.51. The molecule has 1 aromatic carbocycles. The van der Waals surface area contributed by atoms with Gasteiger partial charge < -0.3 is 10.2 Å². The zero-order valence-corrected chi connectivity index (χ0v) is 16.9. The number of piperidine rings is 1. The number of rotatable bonds is 5. The van der Waals surface area contributed by atoms with Crippen LogP contribution in [0, 0.1) is 13.8 Å². The molecule has 1 aliphatic rings. The van der Waals surface area contributed by atoms with Crippen LogP contribution in [0.3, 0.4) is 0 Å². The molecule has 29 heavy (non-hydrogen) atoms. The minimum absolute atomic E-state index is 0.212. The number of amides is 1. The van der Waals surface area contributed by atoms with E-state index in [1.54, 1.807) is 6.20 Å². The van der Waals surface area contributed by atoms with E-state index >= 15 is 0 Å². The number of benzene rings is 1. The molecule has 1 amide bonds. The zero-order chi connectivity index (χ0) is 20.2. The van der Waals surface area contributed by atoms with Gasteiger partial charge in [-0.25, -0.2) is 9.97 Å². The van der Waals surface area contributed by atoms with Gasteiger partial charge in [-0.3, -0.25) is 9.78 Å². The normalized spacial score (nSPS) is 14.1. The summed E-state index contributed by atoms with van der Waals surface area (Å²) in [6.45, 7) is 5.42. The SMILES string of the molecule is Cc1nc(-c2ccccn2)nc(NCc2cccc(N3CCCCC3=O)c2)c1C. The average Bonchev–Trinajstić information content (AvgIpc) is 2.76. The van der Waals surface area contributed by atoms with Gasteiger partial charge in [0.1, 0.15) is 11.5 Å². The molecule has 0 atom stereocenters. The van der Waals surface area contributed by atoms with Gasteiger partial charge in [0.05, 0.1) is 0 Å². The fourth-order valence-electron chi connectivity index (χ4n) is 3.51. The third kappa shape index (κ3) is 4.26. The minimum Gasteiger partial charge on any atom is -0.366 e. The summed E-state index contributed by atoms with van der Waals surface area (Å²) in [5, 5.41) is 3.44. The van der Waals surface area contributed by atoms with Gasteiger partial charge in [0, 0.05) is 42.7 Å². The number of aryl methyl sites for hydroxylation is 1. The number of carbonyl (C=O) groups is 1. The van der Waals surface area contributed by atoms with E-state index in [1.165, 1.54) is 0 Å². The van der Waals surface area contributed by atoms with Crippen molar-refractivity contribution in [1.82, 2.24) is 15.0 Å². The van der Waals surface area contributed by atoms with Gasteiger partial charge in [-0.05, 0) is 56.5 Å². The Morgan fingerprint density at radius 3 is 2.76 bits per heavy atom. The monoisotopic (exact) mass is 387 g/mol. The molecule has 0 aliphatic carbocycles. The van der Waals surface area contributed by atoms with Crippen molar-refractivity contribution >= 4 is 17.4 Å². The number of hydrogen-bond donors (Lipinski definition) is 1. The topological polar surface area (TPSA) is 71.0 Å². The molecule has 6 heteroatoms. The van der Waals surface area contributed by atoms with Gasteiger partial charge in [-0.1, -0.05) is 18.2 Å². The van der Waals surface area contributed by atoms with E-state index in [9.17, 15) is 4.79 Å². The first kappa shape index (κ1) is 19.1. The fourth-order valence-corrected chi connectivity index (χ4v) is 3.51. The van der Waals surface area contributed by atoms with Crippen LogP contribution < -0.4 is 10.2 Å². The van der Waals surface area contributed by atoms with Crippen LogP contribution in [-0.2, 0) is 11.3 Å². The molecule has 0 radical (unpaired) electrons. The molecule has 0 bridgehead atoms. The first-order valence-corrected chi connectivity index (χ1v) is 10.0. The van der Waals surface area contributed by atoms with E-state index in [0.717, 1.165) is 53.4 Å². The molecule has 0 spiro atoms. The van der Waals surface area contributed by atoms with Gasteiger partial charge in [-0.2, -0.15) is 0 Å². The van der Waals surface area contributed by atoms with Crippen molar-refractivity contribution in [3.05, 3.63) is 65.5 Å². The standard InChI is InChI=1S/C23H25N5O/c1-16-17(2)26-23(20-10-3-5-12-24-20)27-22(16)25-15-18-8-7-9-19(14-18)28-13-6-4-11-21(28)29/h3,5,7-10,12,14H,4,6,11,13,15H2,1-2H3,(H,25,26,27). The van der Waals surface area contributed by atoms with E-state index in [4.69, 9.17) is 4.98 Å². The summed E-state index contributed by atoms with van der Waals surface area (Å²) in [5.41, 5.74) is 4.78. The molecule has 6 nitrogen and oxygen atoms in total. The van der Waals surface area contributed by atoms with E-state index in [0.29, 0.717) is 18.8 Å². The lowest BCUT2D eigenvalue weighted by molar-refractivity contribution is -0.119. The Balaban J connectivity index is 1.54. The molecule has 2 aromatic heterocycles. The maximum absolute atomic E-state index is 12.2. The second kappa shape index (κ2) is 8.39. The van der Waals surface area contributed by atoms with Crippen LogP contribution >= 0.6 is 0 Å². The van der Waals surface area contributed by atoms with Gasteiger partial charge >= 0.3 is 0 Å². The number of anilines is 2. The van der Waals surface area contributed by atoms with Gasteiger partial charge in [0.2, 0.25) is 5.91 Å². The van der Waals surface area contributed by atoms with Crippen LogP contribution in [0.5, 0.6) is 0 Å². The molecular formula is C23H25N5O. The Labute approximate surface area is 171 Å². The summed E-state index contributed by atoms with van der Waals surface area (Å²) in [5.74, 6) is 1.63. The largest absolute Gasteiger partial charge is 0.366 e. The van der Waals surface area contributed by atoms with Crippen LogP contribution in [0.1, 0.15) is 36.1 Å². The minimum atomic E-state index is 0.212. The maximum atomic E-state index is 12.2. The number of carbonyl (C=O) groups excluding carboxylic acids is 1. The Morgan fingerprint density at radius 2 is 1.97 bits per heavy atom. The van der Waals surface area contributed by atoms with Crippen molar-refractivity contribution in [2.75, 3.05) is 16.8 Å². The van der Waals surface area contributed by atoms with Gasteiger partial charge in [-0.15, -0.1) is 0 Å². The van der Waals surface area contributed by atoms with E-state index in [2.05, 4.69) is 27.4 Å². The van der Waals surface area contributed by atoms with Crippen LogP contribution in [-0.4, -0.2) is 27.4 Å². The number of pyridine rings is 1. The average molecular weight is 387 g/mol. The predicted molar refractivity (Wildman–Crippen MR) is 115 cm³/mol. The molecule has 1 aliphatic heterocycles. The molecule has 148 valence electrons. The first-order valence-electron chi connectivity index (χ1n) is 10.0. The molecule has 3 aromatic rings. The zero-order valence-electron chi connectivity index (χ0n) is 16.9. The lowest BCUT2D eigenvalue weighted by atomic mass is 10.1. The smallest absolute Gasteiger partial charge is 0.226 e. The summed E-state index contributed by atoms with van der Waals surface area (Å²) in [4.78, 5) is 27.8. The Bertz CT molecular complexity index is 1020. The molecule has 1 saturated heterocycles. The van der Waals surface area contributed by atoms with Crippen molar-refractivity contribution in [3.63, 3.8) is 0 Å². The third-order valence-corrected chi connectivity index (χ3v) is 5.29. The second-order valence-electron chi connectivity index (χ2n) is 7.35. The molecule has 4 rings (SSSR count). The number of nitrogens with one attached hydrogen (secondary N) is 1. The summed E-state index contributed by atoms with van der Waals surface area (Å²) in [6, 6.07) is 13.9. The Hall–Kier alpha value is -3.28. The van der Waals surface area contributed by atoms with E-state index in [1.807, 2.05) is 49.1 Å². The molecule has 3 heterocycles. The summed E-state index contributed by atoms with van der Waals surface area (Å²) in [7, 11) is 0. The predicted octanol–water partition coefficient (Wildman–Crippen LogP) is 4.28. The lowest BCUT2D eigenvalue weighted by Gasteiger charge is -2.27. The number of aromatic nitrogens is 3. The maximum Gasteiger partial charge on any atom is 0.226 e. The highest BCUT2D eigenvalue weighted by atomic mass is 16.2. The van der Waals surface area contributed by atoms with Crippen LogP contribution in [0.25, 0.3) is 11.5 Å². The molecular weight excluding hydrogens is 362 g/mol. The van der Waals surface area contributed by atoms with Crippen molar-refractivity contribution in [2.45, 2.75) is 39.7 Å². The van der Waals surface area contributed by atoms with Crippen LogP contribution in [0.2, 0.25) is 0 Å². The van der Waals surface area contributed by atoms with Crippen molar-refractivity contribution in [3.8, 4) is 11.5 Å². The van der Waals surface area contributed by atoms with E-state index in [-0.39, 0.29) is 5.91 Å². The van der Waals surface area contributed by atoms with Crippen LogP contribution in [0.4, 0.5) is 11.5 Å².